The van der Waals surface area contributed by atoms with Crippen LogP contribution in [0.4, 0.5) is 0 Å². The minimum absolute atomic E-state index is 0.00169. The molecule has 0 radical (unpaired) electrons. The van der Waals surface area contributed by atoms with Gasteiger partial charge in [-0.15, -0.1) is 11.8 Å². The predicted octanol–water partition coefficient (Wildman–Crippen LogP) is 4.96. The molecule has 3 rings (SSSR count). The zero-order chi connectivity index (χ0) is 18.7. The Hall–Kier alpha value is -1.94. The lowest BCUT2D eigenvalue weighted by atomic mass is 9.89. The van der Waals surface area contributed by atoms with Crippen LogP contribution in [0.15, 0.2) is 42.5 Å². The van der Waals surface area contributed by atoms with Crippen molar-refractivity contribution in [1.82, 2.24) is 5.32 Å². The first kappa shape index (κ1) is 18.8. The molecule has 2 aromatic rings. The molecule has 1 N–H and O–H groups in total. The summed E-state index contributed by atoms with van der Waals surface area (Å²) in [6.07, 6.45) is 0.775. The Bertz CT molecular complexity index is 783. The molecule has 0 aromatic heterocycles. The fraction of sp³-hybridized carbons (Fsp3) is 0.409. The monoisotopic (exact) mass is 369 g/mol. The molecule has 138 valence electrons. The smallest absolute Gasteiger partial charge is 0.230 e. The van der Waals surface area contributed by atoms with E-state index < -0.39 is 0 Å². The molecule has 4 heteroatoms. The van der Waals surface area contributed by atoms with Gasteiger partial charge in [-0.1, -0.05) is 42.0 Å². The van der Waals surface area contributed by atoms with Crippen molar-refractivity contribution in [3.8, 4) is 5.75 Å². The highest BCUT2D eigenvalue weighted by atomic mass is 32.2. The number of hydrogen-bond acceptors (Lipinski definition) is 3. The number of thioether (sulfide) groups is 1. The van der Waals surface area contributed by atoms with Crippen LogP contribution in [0.3, 0.4) is 0 Å². The van der Waals surface area contributed by atoms with Crippen LogP contribution >= 0.6 is 11.8 Å². The number of rotatable bonds is 5. The van der Waals surface area contributed by atoms with Crippen molar-refractivity contribution in [2.75, 3.05) is 5.75 Å². The van der Waals surface area contributed by atoms with E-state index in [1.165, 1.54) is 16.7 Å². The van der Waals surface area contributed by atoms with Gasteiger partial charge in [0, 0.05) is 17.7 Å². The first-order valence-electron chi connectivity index (χ1n) is 9.05. The van der Waals surface area contributed by atoms with Crippen molar-refractivity contribution >= 4 is 17.7 Å². The Morgan fingerprint density at radius 3 is 2.58 bits per heavy atom. The third kappa shape index (κ3) is 4.82. The van der Waals surface area contributed by atoms with Gasteiger partial charge in [-0.25, -0.2) is 0 Å². The van der Waals surface area contributed by atoms with Gasteiger partial charge in [-0.05, 0) is 44.9 Å². The van der Waals surface area contributed by atoms with Gasteiger partial charge >= 0.3 is 0 Å². The summed E-state index contributed by atoms with van der Waals surface area (Å²) in [4.78, 5) is 12.5. The van der Waals surface area contributed by atoms with E-state index in [1.807, 2.05) is 0 Å². The van der Waals surface area contributed by atoms with Gasteiger partial charge < -0.3 is 10.1 Å². The number of hydrogen-bond donors (Lipinski definition) is 1. The molecule has 3 nitrogen and oxygen atoms in total. The fourth-order valence-electron chi connectivity index (χ4n) is 3.27. The van der Waals surface area contributed by atoms with E-state index in [1.54, 1.807) is 11.8 Å². The van der Waals surface area contributed by atoms with Crippen molar-refractivity contribution in [2.24, 2.45) is 0 Å². The van der Waals surface area contributed by atoms with Crippen LogP contribution in [0.2, 0.25) is 0 Å². The molecule has 1 heterocycles. The maximum absolute atomic E-state index is 12.5. The molecule has 0 saturated heterocycles. The van der Waals surface area contributed by atoms with Crippen LogP contribution in [0, 0.1) is 13.8 Å². The SMILES string of the molecule is Cc1ccc(CSCC(=O)N[C@@H]2CC(C)(C)Oc3cc(C)ccc32)cc1. The largest absolute Gasteiger partial charge is 0.487 e. The Balaban J connectivity index is 1.59. The van der Waals surface area contributed by atoms with E-state index >= 15 is 0 Å². The second kappa shape index (κ2) is 7.75. The number of ether oxygens (including phenoxy) is 1. The zero-order valence-electron chi connectivity index (χ0n) is 16.0. The van der Waals surface area contributed by atoms with E-state index in [2.05, 4.69) is 75.5 Å². The maximum Gasteiger partial charge on any atom is 0.230 e. The van der Waals surface area contributed by atoms with Crippen molar-refractivity contribution in [3.63, 3.8) is 0 Å². The van der Waals surface area contributed by atoms with E-state index in [4.69, 9.17) is 4.74 Å². The highest BCUT2D eigenvalue weighted by Gasteiger charge is 2.34. The van der Waals surface area contributed by atoms with E-state index in [-0.39, 0.29) is 17.6 Å². The molecule has 1 amide bonds. The lowest BCUT2D eigenvalue weighted by Gasteiger charge is -2.38. The van der Waals surface area contributed by atoms with Crippen molar-refractivity contribution in [1.29, 1.82) is 0 Å². The number of amides is 1. The molecular formula is C22H27NO2S. The van der Waals surface area contributed by atoms with Crippen LogP contribution < -0.4 is 10.1 Å². The van der Waals surface area contributed by atoms with Crippen molar-refractivity contribution in [3.05, 3.63) is 64.7 Å². The lowest BCUT2D eigenvalue weighted by Crippen LogP contribution is -2.41. The van der Waals surface area contributed by atoms with Gasteiger partial charge in [0.1, 0.15) is 11.4 Å². The van der Waals surface area contributed by atoms with E-state index in [0.717, 1.165) is 23.5 Å². The Morgan fingerprint density at radius 1 is 1.15 bits per heavy atom. The standard InChI is InChI=1S/C22H27NO2S/c1-15-5-8-17(9-6-15)13-26-14-21(24)23-19-12-22(3,4)25-20-11-16(2)7-10-18(19)20/h5-11,19H,12-14H2,1-4H3,(H,23,24)/t19-/m1/s1. The molecule has 0 unspecified atom stereocenters. The van der Waals surface area contributed by atoms with Gasteiger partial charge in [-0.2, -0.15) is 0 Å². The van der Waals surface area contributed by atoms with Crippen molar-refractivity contribution in [2.45, 2.75) is 51.5 Å². The molecule has 0 saturated carbocycles. The number of nitrogens with one attached hydrogen (secondary N) is 1. The summed E-state index contributed by atoms with van der Waals surface area (Å²) < 4.78 is 6.10. The number of aryl methyl sites for hydroxylation is 2. The normalized spacial score (nSPS) is 17.9. The summed E-state index contributed by atoms with van der Waals surface area (Å²) in [7, 11) is 0. The number of benzene rings is 2. The average Bonchev–Trinajstić information content (AvgIpc) is 2.55. The number of fused-ring (bicyclic) bond motifs is 1. The quantitative estimate of drug-likeness (QED) is 0.810. The molecule has 0 fully saturated rings. The maximum atomic E-state index is 12.5. The van der Waals surface area contributed by atoms with Gasteiger partial charge in [0.25, 0.3) is 0 Å². The molecule has 0 spiro atoms. The summed E-state index contributed by atoms with van der Waals surface area (Å²) in [6.45, 7) is 8.28. The van der Waals surface area contributed by atoms with E-state index in [0.29, 0.717) is 5.75 Å². The molecular weight excluding hydrogens is 342 g/mol. The highest BCUT2D eigenvalue weighted by molar-refractivity contribution is 7.99. The molecule has 1 aliphatic heterocycles. The zero-order valence-corrected chi connectivity index (χ0v) is 16.8. The van der Waals surface area contributed by atoms with E-state index in [9.17, 15) is 4.79 Å². The van der Waals surface area contributed by atoms with Crippen LogP contribution in [-0.4, -0.2) is 17.3 Å². The van der Waals surface area contributed by atoms with Crippen LogP contribution in [-0.2, 0) is 10.5 Å². The third-order valence-corrected chi connectivity index (χ3v) is 5.59. The summed E-state index contributed by atoms with van der Waals surface area (Å²) in [6, 6.07) is 14.7. The number of carbonyl (C=O) groups is 1. The van der Waals surface area contributed by atoms with Gasteiger partial charge in [0.2, 0.25) is 5.91 Å². The number of carbonyl (C=O) groups excluding carboxylic acids is 1. The van der Waals surface area contributed by atoms with Gasteiger partial charge in [0.05, 0.1) is 11.8 Å². The molecule has 2 aromatic carbocycles. The Morgan fingerprint density at radius 2 is 1.85 bits per heavy atom. The molecule has 1 atom stereocenters. The Kier molecular flexibility index (Phi) is 5.61. The Labute approximate surface area is 160 Å². The van der Waals surface area contributed by atoms with Crippen LogP contribution in [0.25, 0.3) is 0 Å². The predicted molar refractivity (Wildman–Crippen MR) is 109 cm³/mol. The summed E-state index contributed by atoms with van der Waals surface area (Å²) in [5.74, 6) is 2.28. The third-order valence-electron chi connectivity index (χ3n) is 4.58. The average molecular weight is 370 g/mol. The highest BCUT2D eigenvalue weighted by Crippen LogP contribution is 2.39. The second-order valence-electron chi connectivity index (χ2n) is 7.71. The summed E-state index contributed by atoms with van der Waals surface area (Å²) in [5, 5.41) is 3.21. The second-order valence-corrected chi connectivity index (χ2v) is 8.69. The summed E-state index contributed by atoms with van der Waals surface area (Å²) >= 11 is 1.65. The lowest BCUT2D eigenvalue weighted by molar-refractivity contribution is -0.119. The molecule has 0 aliphatic carbocycles. The molecule has 0 bridgehead atoms. The minimum atomic E-state index is -0.284. The van der Waals surface area contributed by atoms with Crippen LogP contribution in [0.5, 0.6) is 5.75 Å². The van der Waals surface area contributed by atoms with Crippen molar-refractivity contribution < 1.29 is 9.53 Å². The topological polar surface area (TPSA) is 38.3 Å². The minimum Gasteiger partial charge on any atom is -0.487 e. The first-order chi connectivity index (χ1) is 12.3. The molecule has 26 heavy (non-hydrogen) atoms. The molecule has 1 aliphatic rings. The van der Waals surface area contributed by atoms with Gasteiger partial charge in [-0.3, -0.25) is 4.79 Å². The van der Waals surface area contributed by atoms with Gasteiger partial charge in [0.15, 0.2) is 0 Å². The first-order valence-corrected chi connectivity index (χ1v) is 10.2. The summed E-state index contributed by atoms with van der Waals surface area (Å²) in [5.41, 5.74) is 4.47. The van der Waals surface area contributed by atoms with Crippen LogP contribution in [0.1, 0.15) is 48.6 Å². The fourth-order valence-corrected chi connectivity index (χ4v) is 4.07.